The Bertz CT molecular complexity index is 1340. The smallest absolute Gasteiger partial charge is 0.230 e. The molecule has 1 aliphatic heterocycles. The molecule has 9 heteroatoms. The van der Waals surface area contributed by atoms with E-state index in [0.29, 0.717) is 17.5 Å². The molecule has 4 aromatic rings. The SMILES string of the molecule is Cc1cc(NC(=O)C2CC(=O)N(c3ccc(C)c(C)c3)C2)n(-c2nc(-c3cccs3)cs2)n1. The second-order valence-corrected chi connectivity index (χ2v) is 10.0. The number of thiazole rings is 1. The van der Waals surface area contributed by atoms with Crippen LogP contribution in [0.2, 0.25) is 0 Å². The van der Waals surface area contributed by atoms with Gasteiger partial charge in [-0.2, -0.15) is 9.78 Å². The Morgan fingerprint density at radius 3 is 2.73 bits per heavy atom. The molecule has 0 bridgehead atoms. The number of nitrogens with zero attached hydrogens (tertiary/aromatic N) is 4. The summed E-state index contributed by atoms with van der Waals surface area (Å²) in [7, 11) is 0. The Balaban J connectivity index is 1.34. The number of rotatable bonds is 5. The third kappa shape index (κ3) is 4.21. The zero-order chi connectivity index (χ0) is 23.1. The summed E-state index contributed by atoms with van der Waals surface area (Å²) >= 11 is 3.10. The first-order valence-electron chi connectivity index (χ1n) is 10.6. The van der Waals surface area contributed by atoms with E-state index in [1.807, 2.05) is 67.9 Å². The van der Waals surface area contributed by atoms with Crippen molar-refractivity contribution in [3.05, 3.63) is 64.0 Å². The van der Waals surface area contributed by atoms with E-state index < -0.39 is 5.92 Å². The maximum atomic E-state index is 13.1. The van der Waals surface area contributed by atoms with Gasteiger partial charge in [0.1, 0.15) is 5.82 Å². The van der Waals surface area contributed by atoms with Gasteiger partial charge in [0.2, 0.25) is 16.9 Å². The largest absolute Gasteiger partial charge is 0.312 e. The van der Waals surface area contributed by atoms with E-state index in [1.165, 1.54) is 16.9 Å². The summed E-state index contributed by atoms with van der Waals surface area (Å²) in [5.74, 6) is -0.100. The van der Waals surface area contributed by atoms with E-state index in [9.17, 15) is 9.59 Å². The van der Waals surface area contributed by atoms with Gasteiger partial charge in [0, 0.05) is 30.1 Å². The van der Waals surface area contributed by atoms with Crippen LogP contribution in [0.15, 0.2) is 47.2 Å². The molecule has 168 valence electrons. The summed E-state index contributed by atoms with van der Waals surface area (Å²) < 4.78 is 1.66. The molecule has 1 aliphatic rings. The van der Waals surface area contributed by atoms with Gasteiger partial charge in [-0.15, -0.1) is 22.7 Å². The fourth-order valence-corrected chi connectivity index (χ4v) is 5.44. The highest BCUT2D eigenvalue weighted by molar-refractivity contribution is 7.15. The molecule has 0 radical (unpaired) electrons. The Morgan fingerprint density at radius 2 is 1.97 bits per heavy atom. The molecule has 3 aromatic heterocycles. The van der Waals surface area contributed by atoms with Crippen molar-refractivity contribution >= 4 is 46.0 Å². The van der Waals surface area contributed by atoms with E-state index in [4.69, 9.17) is 4.98 Å². The molecule has 1 atom stereocenters. The number of hydrogen-bond acceptors (Lipinski definition) is 6. The summed E-state index contributed by atoms with van der Waals surface area (Å²) in [6.45, 7) is 6.30. The van der Waals surface area contributed by atoms with Crippen LogP contribution in [0, 0.1) is 26.7 Å². The fourth-order valence-electron chi connectivity index (χ4n) is 3.89. The molecule has 1 fully saturated rings. The summed E-state index contributed by atoms with van der Waals surface area (Å²) in [6, 6.07) is 11.8. The number of nitrogens with one attached hydrogen (secondary N) is 1. The van der Waals surface area contributed by atoms with Crippen molar-refractivity contribution in [2.24, 2.45) is 5.92 Å². The van der Waals surface area contributed by atoms with E-state index in [1.54, 1.807) is 20.9 Å². The van der Waals surface area contributed by atoms with Gasteiger partial charge < -0.3 is 10.2 Å². The molecule has 1 unspecified atom stereocenters. The van der Waals surface area contributed by atoms with E-state index >= 15 is 0 Å². The van der Waals surface area contributed by atoms with E-state index in [-0.39, 0.29) is 18.2 Å². The van der Waals surface area contributed by atoms with Crippen LogP contribution in [0.1, 0.15) is 23.2 Å². The molecular weight excluding hydrogens is 454 g/mol. The average Bonchev–Trinajstić information content (AvgIpc) is 3.56. The van der Waals surface area contributed by atoms with Crippen LogP contribution in [-0.2, 0) is 9.59 Å². The quantitative estimate of drug-likeness (QED) is 0.440. The lowest BCUT2D eigenvalue weighted by Gasteiger charge is -2.18. The van der Waals surface area contributed by atoms with Gasteiger partial charge >= 0.3 is 0 Å². The first kappa shape index (κ1) is 21.5. The second-order valence-electron chi connectivity index (χ2n) is 8.24. The third-order valence-corrected chi connectivity index (χ3v) is 7.54. The molecule has 0 saturated carbocycles. The molecule has 5 rings (SSSR count). The van der Waals surface area contributed by atoms with Crippen LogP contribution in [0.5, 0.6) is 0 Å². The van der Waals surface area contributed by atoms with Crippen LogP contribution < -0.4 is 10.2 Å². The number of benzene rings is 1. The number of hydrogen-bond donors (Lipinski definition) is 1. The molecule has 1 N–H and O–H groups in total. The average molecular weight is 478 g/mol. The van der Waals surface area contributed by atoms with E-state index in [2.05, 4.69) is 10.4 Å². The van der Waals surface area contributed by atoms with Gasteiger partial charge in [0.05, 0.1) is 22.2 Å². The number of amides is 2. The number of anilines is 2. The van der Waals surface area contributed by atoms with Crippen molar-refractivity contribution < 1.29 is 9.59 Å². The molecule has 1 aromatic carbocycles. The normalized spacial score (nSPS) is 15.9. The zero-order valence-corrected chi connectivity index (χ0v) is 20.2. The number of carbonyl (C=O) groups is 2. The van der Waals surface area contributed by atoms with Crippen molar-refractivity contribution in [3.63, 3.8) is 0 Å². The monoisotopic (exact) mass is 477 g/mol. The summed E-state index contributed by atoms with van der Waals surface area (Å²) in [6.07, 6.45) is 0.186. The number of aryl methyl sites for hydroxylation is 3. The topological polar surface area (TPSA) is 80.1 Å². The lowest BCUT2D eigenvalue weighted by molar-refractivity contribution is -0.122. The van der Waals surface area contributed by atoms with Crippen LogP contribution in [-0.4, -0.2) is 33.1 Å². The summed E-state index contributed by atoms with van der Waals surface area (Å²) in [5.41, 5.74) is 4.80. The molecule has 1 saturated heterocycles. The molecule has 4 heterocycles. The maximum absolute atomic E-state index is 13.1. The predicted octanol–water partition coefficient (Wildman–Crippen LogP) is 4.97. The Labute approximate surface area is 199 Å². The number of aromatic nitrogens is 3. The lowest BCUT2D eigenvalue weighted by atomic mass is 10.1. The second kappa shape index (κ2) is 8.57. The van der Waals surface area contributed by atoms with Gasteiger partial charge in [-0.1, -0.05) is 12.1 Å². The van der Waals surface area contributed by atoms with Crippen LogP contribution in [0.3, 0.4) is 0 Å². The molecular formula is C24H23N5O2S2. The highest BCUT2D eigenvalue weighted by Crippen LogP contribution is 2.30. The summed E-state index contributed by atoms with van der Waals surface area (Å²) in [5, 5.41) is 12.2. The van der Waals surface area contributed by atoms with Crippen molar-refractivity contribution in [2.45, 2.75) is 27.2 Å². The maximum Gasteiger partial charge on any atom is 0.230 e. The fraction of sp³-hybridized carbons (Fsp3) is 0.250. The van der Waals surface area contributed by atoms with Gasteiger partial charge in [-0.3, -0.25) is 9.59 Å². The minimum Gasteiger partial charge on any atom is -0.312 e. The third-order valence-electron chi connectivity index (χ3n) is 5.83. The van der Waals surface area contributed by atoms with Crippen LogP contribution in [0.25, 0.3) is 15.7 Å². The number of thiophene rings is 1. The van der Waals surface area contributed by atoms with E-state index in [0.717, 1.165) is 27.5 Å². The van der Waals surface area contributed by atoms with Crippen LogP contribution >= 0.6 is 22.7 Å². The summed E-state index contributed by atoms with van der Waals surface area (Å²) in [4.78, 5) is 33.2. The van der Waals surface area contributed by atoms with Gasteiger partial charge in [0.25, 0.3) is 0 Å². The Hall–Kier alpha value is -3.30. The molecule has 7 nitrogen and oxygen atoms in total. The molecule has 0 spiro atoms. The zero-order valence-electron chi connectivity index (χ0n) is 18.5. The minimum atomic E-state index is -0.430. The molecule has 2 amide bonds. The van der Waals surface area contributed by atoms with Crippen molar-refractivity contribution in [1.82, 2.24) is 14.8 Å². The van der Waals surface area contributed by atoms with Crippen molar-refractivity contribution in [2.75, 3.05) is 16.8 Å². The Morgan fingerprint density at radius 1 is 1.12 bits per heavy atom. The Kier molecular flexibility index (Phi) is 5.59. The first-order chi connectivity index (χ1) is 15.9. The standard InChI is InChI=1S/C24H23N5O2S2/c1-14-6-7-18(9-15(14)2)28-12-17(11-22(28)30)23(31)26-21-10-16(3)27-29(21)24-25-19(13-33-24)20-5-4-8-32-20/h4-10,13,17H,11-12H2,1-3H3,(H,26,31). The van der Waals surface area contributed by atoms with Gasteiger partial charge in [0.15, 0.2) is 0 Å². The van der Waals surface area contributed by atoms with Crippen molar-refractivity contribution in [1.29, 1.82) is 0 Å². The minimum absolute atomic E-state index is 0.0383. The highest BCUT2D eigenvalue weighted by Gasteiger charge is 2.35. The molecule has 0 aliphatic carbocycles. The predicted molar refractivity (Wildman–Crippen MR) is 132 cm³/mol. The lowest BCUT2D eigenvalue weighted by Crippen LogP contribution is -2.28. The van der Waals surface area contributed by atoms with Gasteiger partial charge in [-0.05, 0) is 55.5 Å². The first-order valence-corrected chi connectivity index (χ1v) is 12.4. The van der Waals surface area contributed by atoms with Gasteiger partial charge in [-0.25, -0.2) is 4.98 Å². The molecule has 33 heavy (non-hydrogen) atoms. The highest BCUT2D eigenvalue weighted by atomic mass is 32.1. The van der Waals surface area contributed by atoms with Crippen LogP contribution in [0.4, 0.5) is 11.5 Å². The number of carbonyl (C=O) groups excluding carboxylic acids is 2. The van der Waals surface area contributed by atoms with Crippen molar-refractivity contribution in [3.8, 4) is 15.7 Å².